The predicted molar refractivity (Wildman–Crippen MR) is 107 cm³/mol. The molecule has 0 atom stereocenters. The van der Waals surface area contributed by atoms with Crippen molar-refractivity contribution in [1.29, 1.82) is 0 Å². The number of sulfonamides is 1. The van der Waals surface area contributed by atoms with Crippen LogP contribution < -0.4 is 14.8 Å². The number of hydrogen-bond donors (Lipinski definition) is 2. The van der Waals surface area contributed by atoms with Crippen molar-refractivity contribution in [3.63, 3.8) is 0 Å². The van der Waals surface area contributed by atoms with E-state index >= 15 is 0 Å². The van der Waals surface area contributed by atoms with Crippen molar-refractivity contribution in [2.75, 3.05) is 18.5 Å². The highest BCUT2D eigenvalue weighted by molar-refractivity contribution is 7.89. The van der Waals surface area contributed by atoms with Crippen LogP contribution in [0.3, 0.4) is 0 Å². The van der Waals surface area contributed by atoms with Gasteiger partial charge < -0.3 is 10.1 Å². The molecule has 1 amide bonds. The van der Waals surface area contributed by atoms with E-state index in [-0.39, 0.29) is 23.3 Å². The molecule has 0 saturated heterocycles. The summed E-state index contributed by atoms with van der Waals surface area (Å²) in [5.41, 5.74) is 1.20. The van der Waals surface area contributed by atoms with E-state index in [4.69, 9.17) is 16.3 Å². The van der Waals surface area contributed by atoms with Gasteiger partial charge in [-0.2, -0.15) is 0 Å². The van der Waals surface area contributed by atoms with Crippen molar-refractivity contribution in [2.45, 2.75) is 25.7 Å². The second-order valence-corrected chi connectivity index (χ2v) is 8.72. The molecule has 0 spiro atoms. The van der Waals surface area contributed by atoms with Crippen LogP contribution in [-0.4, -0.2) is 27.5 Å². The molecule has 0 unspecified atom stereocenters. The Labute approximate surface area is 164 Å². The molecular formula is C19H23ClN2O4S. The standard InChI is InChI=1S/C19H23ClN2O4S/c1-13(2)11-21-27(24,25)17-7-8-18(14(3)9-17)26-12-19(23)22-16-6-4-5-15(20)10-16/h4-10,13,21H,11-12H2,1-3H3,(H,22,23). The van der Waals surface area contributed by atoms with Gasteiger partial charge in [-0.3, -0.25) is 4.79 Å². The Hall–Kier alpha value is -2.09. The fourth-order valence-corrected chi connectivity index (χ4v) is 3.71. The minimum absolute atomic E-state index is 0.163. The molecule has 0 bridgehead atoms. The summed E-state index contributed by atoms with van der Waals surface area (Å²) in [4.78, 5) is 12.2. The quantitative estimate of drug-likeness (QED) is 0.696. The number of anilines is 1. The third kappa shape index (κ3) is 6.53. The topological polar surface area (TPSA) is 84.5 Å². The van der Waals surface area contributed by atoms with Gasteiger partial charge in [0.05, 0.1) is 4.90 Å². The molecule has 146 valence electrons. The van der Waals surface area contributed by atoms with Crippen LogP contribution in [0.2, 0.25) is 5.02 Å². The lowest BCUT2D eigenvalue weighted by molar-refractivity contribution is -0.118. The summed E-state index contributed by atoms with van der Waals surface area (Å²) in [5, 5.41) is 3.20. The first kappa shape index (κ1) is 21.2. The van der Waals surface area contributed by atoms with Crippen molar-refractivity contribution < 1.29 is 17.9 Å². The number of nitrogens with one attached hydrogen (secondary N) is 2. The molecule has 27 heavy (non-hydrogen) atoms. The molecule has 8 heteroatoms. The van der Waals surface area contributed by atoms with Crippen molar-refractivity contribution in [3.8, 4) is 5.75 Å². The Morgan fingerprint density at radius 2 is 1.93 bits per heavy atom. The number of halogens is 1. The van der Waals surface area contributed by atoms with E-state index in [0.29, 0.717) is 28.6 Å². The van der Waals surface area contributed by atoms with Gasteiger partial charge in [-0.25, -0.2) is 13.1 Å². The van der Waals surface area contributed by atoms with Crippen LogP contribution in [0, 0.1) is 12.8 Å². The Morgan fingerprint density at radius 1 is 1.19 bits per heavy atom. The smallest absolute Gasteiger partial charge is 0.262 e. The highest BCUT2D eigenvalue weighted by atomic mass is 35.5. The van der Waals surface area contributed by atoms with E-state index in [0.717, 1.165) is 0 Å². The van der Waals surface area contributed by atoms with Crippen LogP contribution in [0.25, 0.3) is 0 Å². The minimum Gasteiger partial charge on any atom is -0.483 e. The van der Waals surface area contributed by atoms with Crippen LogP contribution in [-0.2, 0) is 14.8 Å². The van der Waals surface area contributed by atoms with E-state index in [9.17, 15) is 13.2 Å². The lowest BCUT2D eigenvalue weighted by atomic mass is 10.2. The SMILES string of the molecule is Cc1cc(S(=O)(=O)NCC(C)C)ccc1OCC(=O)Nc1cccc(Cl)c1. The Morgan fingerprint density at radius 3 is 2.56 bits per heavy atom. The summed E-state index contributed by atoms with van der Waals surface area (Å²) < 4.78 is 32.6. The van der Waals surface area contributed by atoms with Gasteiger partial charge in [0.1, 0.15) is 5.75 Å². The molecule has 2 aromatic rings. The molecule has 0 aliphatic carbocycles. The van der Waals surface area contributed by atoms with Crippen molar-refractivity contribution in [3.05, 3.63) is 53.1 Å². The highest BCUT2D eigenvalue weighted by Gasteiger charge is 2.16. The Bertz CT molecular complexity index is 914. The van der Waals surface area contributed by atoms with Gasteiger partial charge in [-0.1, -0.05) is 31.5 Å². The molecule has 0 heterocycles. The lowest BCUT2D eigenvalue weighted by Crippen LogP contribution is -2.27. The predicted octanol–water partition coefficient (Wildman–Crippen LogP) is 3.60. The summed E-state index contributed by atoms with van der Waals surface area (Å²) in [5.74, 6) is 0.313. The second-order valence-electron chi connectivity index (χ2n) is 6.52. The number of amides is 1. The maximum Gasteiger partial charge on any atom is 0.262 e. The zero-order valence-electron chi connectivity index (χ0n) is 15.5. The number of carbonyl (C=O) groups is 1. The average Bonchev–Trinajstić information content (AvgIpc) is 2.59. The van der Waals surface area contributed by atoms with Crippen molar-refractivity contribution in [1.82, 2.24) is 4.72 Å². The molecule has 0 fully saturated rings. The fourth-order valence-electron chi connectivity index (χ4n) is 2.22. The van der Waals surface area contributed by atoms with E-state index < -0.39 is 10.0 Å². The van der Waals surface area contributed by atoms with Crippen LogP contribution >= 0.6 is 11.6 Å². The Kier molecular flexibility index (Phi) is 7.24. The van der Waals surface area contributed by atoms with Gasteiger partial charge in [0, 0.05) is 17.3 Å². The van der Waals surface area contributed by atoms with Gasteiger partial charge in [-0.05, 0) is 54.8 Å². The number of ether oxygens (including phenoxy) is 1. The van der Waals surface area contributed by atoms with Crippen LogP contribution in [0.4, 0.5) is 5.69 Å². The lowest BCUT2D eigenvalue weighted by Gasteiger charge is -2.12. The van der Waals surface area contributed by atoms with E-state index in [2.05, 4.69) is 10.0 Å². The van der Waals surface area contributed by atoms with Gasteiger partial charge in [0.2, 0.25) is 10.0 Å². The summed E-state index contributed by atoms with van der Waals surface area (Å²) in [6, 6.07) is 11.3. The second kappa shape index (κ2) is 9.21. The molecule has 2 rings (SSSR count). The zero-order chi connectivity index (χ0) is 20.0. The summed E-state index contributed by atoms with van der Waals surface area (Å²) in [7, 11) is -3.57. The fraction of sp³-hybridized carbons (Fsp3) is 0.316. The molecule has 0 aromatic heterocycles. The van der Waals surface area contributed by atoms with Gasteiger partial charge in [0.15, 0.2) is 6.61 Å². The molecule has 0 radical (unpaired) electrons. The molecule has 0 saturated carbocycles. The number of hydrogen-bond acceptors (Lipinski definition) is 4. The number of rotatable bonds is 8. The minimum atomic E-state index is -3.57. The third-order valence-corrected chi connectivity index (χ3v) is 5.26. The van der Waals surface area contributed by atoms with E-state index in [1.54, 1.807) is 37.3 Å². The molecule has 0 aliphatic rings. The summed E-state index contributed by atoms with van der Waals surface area (Å²) >= 11 is 5.88. The average molecular weight is 411 g/mol. The first-order valence-electron chi connectivity index (χ1n) is 8.46. The van der Waals surface area contributed by atoms with Crippen LogP contribution in [0.5, 0.6) is 5.75 Å². The van der Waals surface area contributed by atoms with Crippen LogP contribution in [0.1, 0.15) is 19.4 Å². The molecule has 2 N–H and O–H groups in total. The maximum absolute atomic E-state index is 12.3. The largest absolute Gasteiger partial charge is 0.483 e. The first-order valence-corrected chi connectivity index (χ1v) is 10.3. The Balaban J connectivity index is 1.98. The molecule has 0 aliphatic heterocycles. The van der Waals surface area contributed by atoms with Crippen molar-refractivity contribution >= 4 is 33.2 Å². The molecule has 2 aromatic carbocycles. The number of aryl methyl sites for hydroxylation is 1. The normalized spacial score (nSPS) is 11.4. The third-order valence-electron chi connectivity index (χ3n) is 3.61. The van der Waals surface area contributed by atoms with E-state index in [1.165, 1.54) is 12.1 Å². The maximum atomic E-state index is 12.3. The molecule has 6 nitrogen and oxygen atoms in total. The van der Waals surface area contributed by atoms with Gasteiger partial charge in [-0.15, -0.1) is 0 Å². The van der Waals surface area contributed by atoms with Crippen LogP contribution in [0.15, 0.2) is 47.4 Å². The van der Waals surface area contributed by atoms with Crippen molar-refractivity contribution in [2.24, 2.45) is 5.92 Å². The number of carbonyl (C=O) groups excluding carboxylic acids is 1. The molecular weight excluding hydrogens is 388 g/mol. The zero-order valence-corrected chi connectivity index (χ0v) is 17.0. The van der Waals surface area contributed by atoms with E-state index in [1.807, 2.05) is 13.8 Å². The van der Waals surface area contributed by atoms with Gasteiger partial charge in [0.25, 0.3) is 5.91 Å². The van der Waals surface area contributed by atoms with Gasteiger partial charge >= 0.3 is 0 Å². The summed E-state index contributed by atoms with van der Waals surface area (Å²) in [6.45, 7) is 5.75. The number of benzene rings is 2. The monoisotopic (exact) mass is 410 g/mol. The summed E-state index contributed by atoms with van der Waals surface area (Å²) in [6.07, 6.45) is 0. The highest BCUT2D eigenvalue weighted by Crippen LogP contribution is 2.22. The first-order chi connectivity index (χ1) is 12.7.